The van der Waals surface area contributed by atoms with Gasteiger partial charge in [-0.2, -0.15) is 0 Å². The number of methoxy groups -OCH3 is 1. The van der Waals surface area contributed by atoms with Gasteiger partial charge in [0.2, 0.25) is 5.91 Å². The molecule has 1 aromatic carbocycles. The molecule has 0 aliphatic rings. The van der Waals surface area contributed by atoms with Crippen molar-refractivity contribution in [3.05, 3.63) is 24.3 Å². The average molecular weight is 308 g/mol. The van der Waals surface area contributed by atoms with Gasteiger partial charge in [0, 0.05) is 18.7 Å². The number of amides is 2. The Morgan fingerprint density at radius 3 is 2.32 bits per heavy atom. The van der Waals surface area contributed by atoms with E-state index in [1.807, 2.05) is 0 Å². The fourth-order valence-electron chi connectivity index (χ4n) is 1.65. The number of rotatable bonds is 6. The zero-order chi connectivity index (χ0) is 16.6. The zero-order valence-corrected chi connectivity index (χ0v) is 13.6. The lowest BCUT2D eigenvalue weighted by Gasteiger charge is -2.19. The summed E-state index contributed by atoms with van der Waals surface area (Å²) in [5.74, 6) is 0.635. The van der Waals surface area contributed by atoms with Crippen LogP contribution in [0, 0.1) is 0 Å². The molecule has 0 aromatic heterocycles. The predicted octanol–water partition coefficient (Wildman–Crippen LogP) is 2.94. The van der Waals surface area contributed by atoms with Crippen LogP contribution in [0.25, 0.3) is 0 Å². The standard InChI is InChI=1S/C16H24N2O4/c1-16(2,3)22-15(20)17-11-5-6-14(19)18-12-7-9-13(21-4)10-8-12/h7-10H,5-6,11H2,1-4H3,(H,17,20)(H,18,19). The van der Waals surface area contributed by atoms with Gasteiger partial charge in [-0.1, -0.05) is 0 Å². The lowest BCUT2D eigenvalue weighted by atomic mass is 10.2. The van der Waals surface area contributed by atoms with Crippen molar-refractivity contribution in [1.29, 1.82) is 0 Å². The molecule has 2 N–H and O–H groups in total. The number of hydrogen-bond acceptors (Lipinski definition) is 4. The van der Waals surface area contributed by atoms with Crippen LogP contribution in [0.1, 0.15) is 33.6 Å². The Kier molecular flexibility index (Phi) is 6.69. The first-order valence-electron chi connectivity index (χ1n) is 7.21. The molecular weight excluding hydrogens is 284 g/mol. The van der Waals surface area contributed by atoms with E-state index in [1.54, 1.807) is 52.1 Å². The van der Waals surface area contributed by atoms with Crippen molar-refractivity contribution in [2.75, 3.05) is 19.0 Å². The smallest absolute Gasteiger partial charge is 0.407 e. The molecule has 2 amide bonds. The molecule has 0 bridgehead atoms. The van der Waals surface area contributed by atoms with E-state index < -0.39 is 11.7 Å². The fourth-order valence-corrected chi connectivity index (χ4v) is 1.65. The third-order valence-electron chi connectivity index (χ3n) is 2.62. The Balaban J connectivity index is 2.21. The fraction of sp³-hybridized carbons (Fsp3) is 0.500. The largest absolute Gasteiger partial charge is 0.497 e. The Hall–Kier alpha value is -2.24. The maximum Gasteiger partial charge on any atom is 0.407 e. The van der Waals surface area contributed by atoms with Crippen LogP contribution in [0.4, 0.5) is 10.5 Å². The second kappa shape index (κ2) is 8.26. The number of carbonyl (C=O) groups excluding carboxylic acids is 2. The Morgan fingerprint density at radius 1 is 1.14 bits per heavy atom. The van der Waals surface area contributed by atoms with Gasteiger partial charge in [0.1, 0.15) is 11.4 Å². The minimum atomic E-state index is -0.518. The lowest BCUT2D eigenvalue weighted by molar-refractivity contribution is -0.116. The molecule has 0 heterocycles. The molecule has 0 spiro atoms. The molecule has 0 aliphatic carbocycles. The third kappa shape index (κ3) is 7.52. The van der Waals surface area contributed by atoms with Crippen LogP contribution in [0.3, 0.4) is 0 Å². The van der Waals surface area contributed by atoms with Gasteiger partial charge < -0.3 is 20.1 Å². The summed E-state index contributed by atoms with van der Waals surface area (Å²) in [6.45, 7) is 5.80. The predicted molar refractivity (Wildman–Crippen MR) is 85.1 cm³/mol. The highest BCUT2D eigenvalue weighted by Crippen LogP contribution is 2.15. The van der Waals surface area contributed by atoms with E-state index in [1.165, 1.54) is 0 Å². The van der Waals surface area contributed by atoms with E-state index in [-0.39, 0.29) is 5.91 Å². The number of alkyl carbamates (subject to hydrolysis) is 1. The second-order valence-corrected chi connectivity index (χ2v) is 5.81. The summed E-state index contributed by atoms with van der Waals surface area (Å²) in [7, 11) is 1.59. The Morgan fingerprint density at radius 2 is 1.77 bits per heavy atom. The third-order valence-corrected chi connectivity index (χ3v) is 2.62. The lowest BCUT2D eigenvalue weighted by Crippen LogP contribution is -2.33. The molecule has 6 heteroatoms. The molecule has 0 unspecified atom stereocenters. The summed E-state index contributed by atoms with van der Waals surface area (Å²) < 4.78 is 10.1. The van der Waals surface area contributed by atoms with Crippen LogP contribution >= 0.6 is 0 Å². The quantitative estimate of drug-likeness (QED) is 0.792. The SMILES string of the molecule is COc1ccc(NC(=O)CCCNC(=O)OC(C)(C)C)cc1. The molecular formula is C16H24N2O4. The molecule has 0 saturated carbocycles. The van der Waals surface area contributed by atoms with Gasteiger partial charge >= 0.3 is 6.09 Å². The van der Waals surface area contributed by atoms with E-state index in [2.05, 4.69) is 10.6 Å². The molecule has 1 rings (SSSR count). The van der Waals surface area contributed by atoms with Crippen LogP contribution in [-0.4, -0.2) is 31.3 Å². The van der Waals surface area contributed by atoms with Crippen molar-refractivity contribution in [2.45, 2.75) is 39.2 Å². The van der Waals surface area contributed by atoms with E-state index >= 15 is 0 Å². The highest BCUT2D eigenvalue weighted by molar-refractivity contribution is 5.90. The Labute approximate surface area is 131 Å². The van der Waals surface area contributed by atoms with Crippen molar-refractivity contribution in [2.24, 2.45) is 0 Å². The maximum absolute atomic E-state index is 11.8. The van der Waals surface area contributed by atoms with Crippen molar-refractivity contribution >= 4 is 17.7 Å². The van der Waals surface area contributed by atoms with Crippen LogP contribution < -0.4 is 15.4 Å². The highest BCUT2D eigenvalue weighted by atomic mass is 16.6. The first-order chi connectivity index (χ1) is 10.3. The van der Waals surface area contributed by atoms with Crippen molar-refractivity contribution < 1.29 is 19.1 Å². The topological polar surface area (TPSA) is 76.7 Å². The van der Waals surface area contributed by atoms with Gasteiger partial charge in [-0.25, -0.2) is 4.79 Å². The van der Waals surface area contributed by atoms with Crippen molar-refractivity contribution in [3.63, 3.8) is 0 Å². The van der Waals surface area contributed by atoms with Crippen LogP contribution in [-0.2, 0) is 9.53 Å². The van der Waals surface area contributed by atoms with E-state index in [4.69, 9.17) is 9.47 Å². The number of hydrogen-bond donors (Lipinski definition) is 2. The number of ether oxygens (including phenoxy) is 2. The van der Waals surface area contributed by atoms with Crippen molar-refractivity contribution in [1.82, 2.24) is 5.32 Å². The monoisotopic (exact) mass is 308 g/mol. The number of anilines is 1. The molecule has 0 fully saturated rings. The summed E-state index contributed by atoms with van der Waals surface area (Å²) >= 11 is 0. The molecule has 1 aromatic rings. The number of benzene rings is 1. The average Bonchev–Trinajstić information content (AvgIpc) is 2.42. The summed E-state index contributed by atoms with van der Waals surface area (Å²) in [6.07, 6.45) is 0.395. The molecule has 0 radical (unpaired) electrons. The normalized spacial score (nSPS) is 10.7. The molecule has 22 heavy (non-hydrogen) atoms. The van der Waals surface area contributed by atoms with Crippen molar-refractivity contribution in [3.8, 4) is 5.75 Å². The first kappa shape index (κ1) is 17.8. The number of carbonyl (C=O) groups is 2. The first-order valence-corrected chi connectivity index (χ1v) is 7.21. The molecule has 0 saturated heterocycles. The minimum Gasteiger partial charge on any atom is -0.497 e. The van der Waals surface area contributed by atoms with Gasteiger partial charge in [0.15, 0.2) is 0 Å². The van der Waals surface area contributed by atoms with E-state index in [9.17, 15) is 9.59 Å². The zero-order valence-electron chi connectivity index (χ0n) is 13.6. The summed E-state index contributed by atoms with van der Waals surface area (Å²) in [5.41, 5.74) is 0.196. The van der Waals surface area contributed by atoms with E-state index in [0.29, 0.717) is 25.1 Å². The van der Waals surface area contributed by atoms with Crippen LogP contribution in [0.5, 0.6) is 5.75 Å². The molecule has 0 atom stereocenters. The van der Waals surface area contributed by atoms with E-state index in [0.717, 1.165) is 5.75 Å². The molecule has 6 nitrogen and oxygen atoms in total. The maximum atomic E-state index is 11.8. The van der Waals surface area contributed by atoms with Gasteiger partial charge in [-0.05, 0) is 51.5 Å². The minimum absolute atomic E-state index is 0.101. The Bertz CT molecular complexity index is 492. The van der Waals surface area contributed by atoms with Gasteiger partial charge in [-0.15, -0.1) is 0 Å². The van der Waals surface area contributed by atoms with Gasteiger partial charge in [-0.3, -0.25) is 4.79 Å². The summed E-state index contributed by atoms with van der Waals surface area (Å²) in [5, 5.41) is 5.40. The van der Waals surface area contributed by atoms with Gasteiger partial charge in [0.25, 0.3) is 0 Å². The molecule has 122 valence electrons. The van der Waals surface area contributed by atoms with Gasteiger partial charge in [0.05, 0.1) is 7.11 Å². The molecule has 0 aliphatic heterocycles. The second-order valence-electron chi connectivity index (χ2n) is 5.81. The van der Waals surface area contributed by atoms with Crippen LogP contribution in [0.2, 0.25) is 0 Å². The highest BCUT2D eigenvalue weighted by Gasteiger charge is 2.15. The van der Waals surface area contributed by atoms with Crippen LogP contribution in [0.15, 0.2) is 24.3 Å². The summed E-state index contributed by atoms with van der Waals surface area (Å²) in [4.78, 5) is 23.2. The summed E-state index contributed by atoms with van der Waals surface area (Å²) in [6, 6.07) is 7.10. The number of nitrogens with one attached hydrogen (secondary N) is 2.